The highest BCUT2D eigenvalue weighted by molar-refractivity contribution is 5.99. The summed E-state index contributed by atoms with van der Waals surface area (Å²) in [4.78, 5) is 27.2. The molecule has 6 nitrogen and oxygen atoms in total. The summed E-state index contributed by atoms with van der Waals surface area (Å²) in [5.74, 6) is 2.02. The molecule has 208 valence electrons. The van der Waals surface area contributed by atoms with E-state index in [1.54, 1.807) is 29.2 Å². The summed E-state index contributed by atoms with van der Waals surface area (Å²) >= 11 is 0. The van der Waals surface area contributed by atoms with Crippen LogP contribution in [-0.2, 0) is 23.9 Å². The number of aliphatic hydroxyl groups is 1. The van der Waals surface area contributed by atoms with E-state index < -0.39 is 29.8 Å². The summed E-state index contributed by atoms with van der Waals surface area (Å²) in [7, 11) is 0. The van der Waals surface area contributed by atoms with Crippen LogP contribution in [0.4, 0.5) is 18.9 Å². The Balaban J connectivity index is 1.48. The van der Waals surface area contributed by atoms with Crippen LogP contribution in [0.25, 0.3) is 0 Å². The molecule has 1 fully saturated rings. The van der Waals surface area contributed by atoms with E-state index in [2.05, 4.69) is 16.6 Å². The van der Waals surface area contributed by atoms with Gasteiger partial charge in [0, 0.05) is 42.9 Å². The molecule has 9 heteroatoms. The van der Waals surface area contributed by atoms with Gasteiger partial charge in [0.1, 0.15) is 0 Å². The molecular formula is C31H30F3N3O3. The topological polar surface area (TPSA) is 81.7 Å². The van der Waals surface area contributed by atoms with Crippen molar-refractivity contribution in [1.82, 2.24) is 10.6 Å². The molecule has 1 aliphatic heterocycles. The van der Waals surface area contributed by atoms with Crippen molar-refractivity contribution in [3.8, 4) is 12.3 Å². The number of carbonyl (C=O) groups is 2. The van der Waals surface area contributed by atoms with Crippen molar-refractivity contribution in [2.45, 2.75) is 44.1 Å². The molecule has 2 atom stereocenters. The molecule has 0 bridgehead atoms. The number of nitrogens with one attached hydrogen (secondary N) is 2. The van der Waals surface area contributed by atoms with Crippen molar-refractivity contribution in [2.24, 2.45) is 0 Å². The highest BCUT2D eigenvalue weighted by atomic mass is 19.4. The van der Waals surface area contributed by atoms with Gasteiger partial charge < -0.3 is 20.6 Å². The lowest BCUT2D eigenvalue weighted by Gasteiger charge is -2.25. The van der Waals surface area contributed by atoms with Crippen molar-refractivity contribution < 1.29 is 27.9 Å². The number of halogens is 3. The number of alkyl halides is 3. The minimum Gasteiger partial charge on any atom is -0.390 e. The number of rotatable bonds is 10. The number of hydrogen-bond donors (Lipinski definition) is 3. The molecule has 40 heavy (non-hydrogen) atoms. The zero-order valence-corrected chi connectivity index (χ0v) is 21.7. The molecule has 1 saturated heterocycles. The predicted molar refractivity (Wildman–Crippen MR) is 147 cm³/mol. The molecule has 0 saturated carbocycles. The molecule has 2 amide bonds. The summed E-state index contributed by atoms with van der Waals surface area (Å²) < 4.78 is 39.1. The van der Waals surface area contributed by atoms with Crippen LogP contribution in [0.1, 0.15) is 45.5 Å². The number of terminal acetylenes is 1. The Morgan fingerprint density at radius 3 is 2.48 bits per heavy atom. The second-order valence-electron chi connectivity index (χ2n) is 9.73. The van der Waals surface area contributed by atoms with Crippen LogP contribution in [0.15, 0.2) is 72.8 Å². The van der Waals surface area contributed by atoms with E-state index in [0.29, 0.717) is 36.2 Å². The number of hydrogen-bond acceptors (Lipinski definition) is 4. The van der Waals surface area contributed by atoms with Gasteiger partial charge in [-0.15, -0.1) is 6.42 Å². The fraction of sp³-hybridized carbons (Fsp3) is 0.290. The van der Waals surface area contributed by atoms with Crippen molar-refractivity contribution >= 4 is 17.5 Å². The summed E-state index contributed by atoms with van der Waals surface area (Å²) in [5, 5.41) is 16.9. The molecule has 1 heterocycles. The zero-order chi connectivity index (χ0) is 28.7. The highest BCUT2D eigenvalue weighted by Crippen LogP contribution is 2.29. The fourth-order valence-corrected chi connectivity index (χ4v) is 4.67. The summed E-state index contributed by atoms with van der Waals surface area (Å²) in [6, 6.07) is 18.4. The number of aliphatic hydroxyl groups excluding tert-OH is 1. The van der Waals surface area contributed by atoms with Crippen LogP contribution < -0.4 is 15.5 Å². The lowest BCUT2D eigenvalue weighted by Crippen LogP contribution is -2.48. The van der Waals surface area contributed by atoms with Crippen molar-refractivity contribution in [1.29, 1.82) is 0 Å². The van der Waals surface area contributed by atoms with Gasteiger partial charge in [0.05, 0.1) is 17.7 Å². The smallest absolute Gasteiger partial charge is 0.390 e. The van der Waals surface area contributed by atoms with E-state index in [1.807, 2.05) is 30.3 Å². The predicted octanol–water partition coefficient (Wildman–Crippen LogP) is 4.31. The molecule has 0 aromatic heterocycles. The van der Waals surface area contributed by atoms with E-state index in [-0.39, 0.29) is 24.6 Å². The maximum absolute atomic E-state index is 13.4. The van der Waals surface area contributed by atoms with E-state index in [4.69, 9.17) is 6.42 Å². The van der Waals surface area contributed by atoms with Crippen LogP contribution in [0.5, 0.6) is 0 Å². The lowest BCUT2D eigenvalue weighted by molar-refractivity contribution is -0.137. The minimum atomic E-state index is -4.45. The first kappa shape index (κ1) is 28.9. The molecule has 2 unspecified atom stereocenters. The van der Waals surface area contributed by atoms with Crippen LogP contribution in [0.2, 0.25) is 0 Å². The molecule has 0 radical (unpaired) electrons. The first-order chi connectivity index (χ1) is 19.1. The molecule has 4 rings (SSSR count). The van der Waals surface area contributed by atoms with Crippen LogP contribution in [0, 0.1) is 12.3 Å². The maximum atomic E-state index is 13.4. The second-order valence-corrected chi connectivity index (χ2v) is 9.73. The molecule has 3 aromatic rings. The molecule has 3 N–H and O–H groups in total. The van der Waals surface area contributed by atoms with E-state index in [1.165, 1.54) is 6.07 Å². The summed E-state index contributed by atoms with van der Waals surface area (Å²) in [6.45, 7) is 0.664. The summed E-state index contributed by atoms with van der Waals surface area (Å²) in [6.07, 6.45) is 1.57. The first-order valence-corrected chi connectivity index (χ1v) is 13.0. The van der Waals surface area contributed by atoms with E-state index in [9.17, 15) is 27.9 Å². The van der Waals surface area contributed by atoms with Gasteiger partial charge in [0.25, 0.3) is 5.91 Å². The third-order valence-corrected chi connectivity index (χ3v) is 6.75. The number of amides is 2. The quantitative estimate of drug-likeness (QED) is 0.330. The Bertz CT molecular complexity index is 1390. The first-order valence-electron chi connectivity index (χ1n) is 13.0. The van der Waals surface area contributed by atoms with Gasteiger partial charge >= 0.3 is 6.18 Å². The van der Waals surface area contributed by atoms with Gasteiger partial charge in [-0.3, -0.25) is 9.59 Å². The standard InChI is InChI=1S/C31H30F3N3O3/c1-2-21-14-24(18-26(16-21)37-13-7-12-29(37)39)30(40)36-27(17-22-8-4-3-5-9-22)28(38)20-35-19-23-10-6-11-25(15-23)31(32,33)34/h1,3-6,8-11,14-16,18,27-28,35,38H,7,12-13,17,19-20H2,(H,36,40). The SMILES string of the molecule is C#Cc1cc(C(=O)NC(Cc2ccccc2)C(O)CNCc2cccc(C(F)(F)F)c2)cc(N2CCCC2=O)c1. The Hall–Kier alpha value is -4.13. The number of anilines is 1. The molecule has 0 spiro atoms. The number of carbonyl (C=O) groups excluding carboxylic acids is 2. The molecule has 1 aliphatic rings. The van der Waals surface area contributed by atoms with Gasteiger partial charge in [-0.25, -0.2) is 0 Å². The lowest BCUT2D eigenvalue weighted by atomic mass is 10.00. The third-order valence-electron chi connectivity index (χ3n) is 6.75. The van der Waals surface area contributed by atoms with Gasteiger partial charge in [-0.2, -0.15) is 13.2 Å². The van der Waals surface area contributed by atoms with Crippen molar-refractivity contribution in [3.05, 3.63) is 101 Å². The Kier molecular flexibility index (Phi) is 9.25. The molecule has 0 aliphatic carbocycles. The van der Waals surface area contributed by atoms with Crippen LogP contribution in [0.3, 0.4) is 0 Å². The average Bonchev–Trinajstić information content (AvgIpc) is 3.38. The normalized spacial score (nSPS) is 15.0. The Morgan fingerprint density at radius 1 is 1.05 bits per heavy atom. The van der Waals surface area contributed by atoms with E-state index >= 15 is 0 Å². The van der Waals surface area contributed by atoms with Crippen LogP contribution >= 0.6 is 0 Å². The fourth-order valence-electron chi connectivity index (χ4n) is 4.67. The number of benzene rings is 3. The monoisotopic (exact) mass is 549 g/mol. The van der Waals surface area contributed by atoms with Gasteiger partial charge in [0.2, 0.25) is 5.91 Å². The largest absolute Gasteiger partial charge is 0.416 e. The van der Waals surface area contributed by atoms with Gasteiger partial charge in [0.15, 0.2) is 0 Å². The van der Waals surface area contributed by atoms with Crippen LogP contribution in [-0.4, -0.2) is 42.2 Å². The minimum absolute atomic E-state index is 0.0198. The Labute approximate surface area is 231 Å². The molecule has 3 aromatic carbocycles. The average molecular weight is 550 g/mol. The highest BCUT2D eigenvalue weighted by Gasteiger charge is 2.30. The maximum Gasteiger partial charge on any atom is 0.416 e. The summed E-state index contributed by atoms with van der Waals surface area (Å²) in [5.41, 5.74) is 1.81. The zero-order valence-electron chi connectivity index (χ0n) is 21.7. The Morgan fingerprint density at radius 2 is 1.80 bits per heavy atom. The van der Waals surface area contributed by atoms with Crippen molar-refractivity contribution in [3.63, 3.8) is 0 Å². The third kappa shape index (κ3) is 7.50. The van der Waals surface area contributed by atoms with Gasteiger partial charge in [-0.1, -0.05) is 54.5 Å². The van der Waals surface area contributed by atoms with E-state index in [0.717, 1.165) is 24.1 Å². The van der Waals surface area contributed by atoms with Gasteiger partial charge in [-0.05, 0) is 48.2 Å². The molecular weight excluding hydrogens is 519 g/mol. The number of nitrogens with zero attached hydrogens (tertiary/aromatic N) is 1. The van der Waals surface area contributed by atoms with Crippen molar-refractivity contribution in [2.75, 3.05) is 18.0 Å². The second kappa shape index (κ2) is 12.8.